The van der Waals surface area contributed by atoms with E-state index < -0.39 is 0 Å². The van der Waals surface area contributed by atoms with Crippen molar-refractivity contribution in [3.8, 4) is 0 Å². The van der Waals surface area contributed by atoms with Crippen molar-refractivity contribution in [2.45, 2.75) is 59.8 Å². The molecule has 1 saturated heterocycles. The Morgan fingerprint density at radius 2 is 1.33 bits per heavy atom. The zero-order valence-electron chi connectivity index (χ0n) is 13.2. The molecule has 1 rings (SSSR count). The standard InChI is InChI=1S/C16H34N2/c1-5-6-7-8-9-10-17-11-13-18(14-12-17)15-16(2,3)4/h5-15H2,1-4H3. The fourth-order valence-electron chi connectivity index (χ4n) is 2.78. The molecule has 0 radical (unpaired) electrons. The van der Waals surface area contributed by atoms with Crippen LogP contribution in [0.25, 0.3) is 0 Å². The summed E-state index contributed by atoms with van der Waals surface area (Å²) in [4.78, 5) is 5.29. The summed E-state index contributed by atoms with van der Waals surface area (Å²) in [6.45, 7) is 17.0. The third-order valence-corrected chi connectivity index (χ3v) is 3.74. The van der Waals surface area contributed by atoms with E-state index in [9.17, 15) is 0 Å². The highest BCUT2D eigenvalue weighted by molar-refractivity contribution is 4.76. The Balaban J connectivity index is 2.05. The molecule has 0 atom stereocenters. The Morgan fingerprint density at radius 1 is 0.778 bits per heavy atom. The quantitative estimate of drug-likeness (QED) is 0.640. The zero-order chi connectivity index (χ0) is 13.4. The first-order valence-electron chi connectivity index (χ1n) is 7.96. The van der Waals surface area contributed by atoms with Gasteiger partial charge >= 0.3 is 0 Å². The maximum atomic E-state index is 2.66. The fraction of sp³-hybridized carbons (Fsp3) is 1.00. The van der Waals surface area contributed by atoms with Crippen molar-refractivity contribution in [3.63, 3.8) is 0 Å². The lowest BCUT2D eigenvalue weighted by Crippen LogP contribution is -2.48. The summed E-state index contributed by atoms with van der Waals surface area (Å²) in [7, 11) is 0. The predicted octanol–water partition coefficient (Wildman–Crippen LogP) is 3.62. The summed E-state index contributed by atoms with van der Waals surface area (Å²) in [5.41, 5.74) is 0.447. The van der Waals surface area contributed by atoms with E-state index in [1.54, 1.807) is 0 Å². The van der Waals surface area contributed by atoms with Crippen LogP contribution in [0.5, 0.6) is 0 Å². The number of hydrogen-bond donors (Lipinski definition) is 0. The molecule has 1 heterocycles. The van der Waals surface area contributed by atoms with E-state index in [4.69, 9.17) is 0 Å². The van der Waals surface area contributed by atoms with Gasteiger partial charge in [0, 0.05) is 32.7 Å². The van der Waals surface area contributed by atoms with Crippen LogP contribution in [0.4, 0.5) is 0 Å². The Hall–Kier alpha value is -0.0800. The van der Waals surface area contributed by atoms with Crippen molar-refractivity contribution >= 4 is 0 Å². The first kappa shape index (κ1) is 16.0. The van der Waals surface area contributed by atoms with Crippen LogP contribution in [0.2, 0.25) is 0 Å². The van der Waals surface area contributed by atoms with Crippen molar-refractivity contribution in [2.24, 2.45) is 5.41 Å². The molecule has 0 spiro atoms. The predicted molar refractivity (Wildman–Crippen MR) is 81.1 cm³/mol. The molecule has 0 saturated carbocycles. The van der Waals surface area contributed by atoms with E-state index in [2.05, 4.69) is 37.5 Å². The van der Waals surface area contributed by atoms with Crippen molar-refractivity contribution in [3.05, 3.63) is 0 Å². The van der Waals surface area contributed by atoms with E-state index in [1.807, 2.05) is 0 Å². The van der Waals surface area contributed by atoms with Crippen molar-refractivity contribution in [2.75, 3.05) is 39.3 Å². The van der Waals surface area contributed by atoms with Crippen LogP contribution in [0.15, 0.2) is 0 Å². The van der Waals surface area contributed by atoms with Gasteiger partial charge in [0.2, 0.25) is 0 Å². The third kappa shape index (κ3) is 7.38. The van der Waals surface area contributed by atoms with Gasteiger partial charge in [-0.05, 0) is 18.4 Å². The Bertz CT molecular complexity index is 200. The minimum absolute atomic E-state index is 0.447. The van der Waals surface area contributed by atoms with Gasteiger partial charge in [-0.3, -0.25) is 0 Å². The maximum Gasteiger partial charge on any atom is 0.0110 e. The highest BCUT2D eigenvalue weighted by Gasteiger charge is 2.20. The molecule has 1 fully saturated rings. The normalized spacial score (nSPS) is 19.3. The molecule has 0 aromatic carbocycles. The van der Waals surface area contributed by atoms with E-state index >= 15 is 0 Å². The molecule has 2 nitrogen and oxygen atoms in total. The van der Waals surface area contributed by atoms with Gasteiger partial charge in [-0.25, -0.2) is 0 Å². The fourth-order valence-corrected chi connectivity index (χ4v) is 2.78. The van der Waals surface area contributed by atoms with Crippen molar-refractivity contribution in [1.29, 1.82) is 0 Å². The van der Waals surface area contributed by atoms with Crippen molar-refractivity contribution < 1.29 is 0 Å². The van der Waals surface area contributed by atoms with Gasteiger partial charge in [0.25, 0.3) is 0 Å². The molecule has 0 aromatic rings. The van der Waals surface area contributed by atoms with Crippen LogP contribution >= 0.6 is 0 Å². The molecular weight excluding hydrogens is 220 g/mol. The lowest BCUT2D eigenvalue weighted by molar-refractivity contribution is 0.101. The molecule has 0 bridgehead atoms. The largest absolute Gasteiger partial charge is 0.301 e. The van der Waals surface area contributed by atoms with E-state index in [1.165, 1.54) is 71.4 Å². The van der Waals surface area contributed by atoms with Crippen LogP contribution in [-0.4, -0.2) is 49.1 Å². The summed E-state index contributed by atoms with van der Waals surface area (Å²) in [6, 6.07) is 0. The van der Waals surface area contributed by atoms with E-state index in [-0.39, 0.29) is 0 Å². The first-order valence-corrected chi connectivity index (χ1v) is 7.96. The Kier molecular flexibility index (Phi) is 7.25. The van der Waals surface area contributed by atoms with Gasteiger partial charge < -0.3 is 9.80 Å². The van der Waals surface area contributed by atoms with Crippen LogP contribution in [-0.2, 0) is 0 Å². The first-order chi connectivity index (χ1) is 8.51. The van der Waals surface area contributed by atoms with E-state index in [0.717, 1.165) is 0 Å². The minimum Gasteiger partial charge on any atom is -0.301 e. The molecule has 1 aliphatic rings. The molecule has 2 heteroatoms. The van der Waals surface area contributed by atoms with Crippen LogP contribution in [0.3, 0.4) is 0 Å². The number of hydrogen-bond acceptors (Lipinski definition) is 2. The average Bonchev–Trinajstić information content (AvgIpc) is 2.29. The number of piperazine rings is 1. The summed E-state index contributed by atoms with van der Waals surface area (Å²) >= 11 is 0. The van der Waals surface area contributed by atoms with Gasteiger partial charge in [-0.1, -0.05) is 53.4 Å². The molecule has 18 heavy (non-hydrogen) atoms. The second-order valence-corrected chi connectivity index (χ2v) is 7.09. The Morgan fingerprint density at radius 3 is 1.89 bits per heavy atom. The Labute approximate surface area is 115 Å². The maximum absolute atomic E-state index is 2.66. The smallest absolute Gasteiger partial charge is 0.0110 e. The summed E-state index contributed by atoms with van der Waals surface area (Å²) in [5, 5.41) is 0. The molecule has 0 amide bonds. The van der Waals surface area contributed by atoms with Crippen LogP contribution < -0.4 is 0 Å². The summed E-state index contributed by atoms with van der Waals surface area (Å²) < 4.78 is 0. The highest BCUT2D eigenvalue weighted by Crippen LogP contribution is 2.16. The third-order valence-electron chi connectivity index (χ3n) is 3.74. The van der Waals surface area contributed by atoms with Gasteiger partial charge in [0.15, 0.2) is 0 Å². The second-order valence-electron chi connectivity index (χ2n) is 7.09. The van der Waals surface area contributed by atoms with Crippen molar-refractivity contribution in [1.82, 2.24) is 9.80 Å². The average molecular weight is 254 g/mol. The topological polar surface area (TPSA) is 6.48 Å². The van der Waals surface area contributed by atoms with Gasteiger partial charge in [-0.2, -0.15) is 0 Å². The molecule has 1 aliphatic heterocycles. The SMILES string of the molecule is CCCCCCCN1CCN(CC(C)(C)C)CC1. The zero-order valence-corrected chi connectivity index (χ0v) is 13.2. The molecule has 0 aliphatic carbocycles. The van der Waals surface area contributed by atoms with E-state index in [0.29, 0.717) is 5.41 Å². The van der Waals surface area contributed by atoms with Crippen LogP contribution in [0, 0.1) is 5.41 Å². The number of unbranched alkanes of at least 4 members (excludes halogenated alkanes) is 4. The molecule has 108 valence electrons. The van der Waals surface area contributed by atoms with Gasteiger partial charge in [0.05, 0.1) is 0 Å². The monoisotopic (exact) mass is 254 g/mol. The number of rotatable bonds is 7. The van der Waals surface area contributed by atoms with Gasteiger partial charge in [0.1, 0.15) is 0 Å². The summed E-state index contributed by atoms with van der Waals surface area (Å²) in [6.07, 6.45) is 7.03. The molecule has 0 N–H and O–H groups in total. The molecule has 0 unspecified atom stereocenters. The number of nitrogens with zero attached hydrogens (tertiary/aromatic N) is 2. The molecule has 0 aromatic heterocycles. The highest BCUT2D eigenvalue weighted by atomic mass is 15.3. The molecular formula is C16H34N2. The lowest BCUT2D eigenvalue weighted by Gasteiger charge is -2.37. The lowest BCUT2D eigenvalue weighted by atomic mass is 9.96. The minimum atomic E-state index is 0.447. The summed E-state index contributed by atoms with van der Waals surface area (Å²) in [5.74, 6) is 0. The van der Waals surface area contributed by atoms with Gasteiger partial charge in [-0.15, -0.1) is 0 Å². The van der Waals surface area contributed by atoms with Crippen LogP contribution in [0.1, 0.15) is 59.8 Å². The second kappa shape index (κ2) is 8.16.